The topological polar surface area (TPSA) is 64.1 Å². The lowest BCUT2D eigenvalue weighted by Gasteiger charge is -2.11. The van der Waals surface area contributed by atoms with E-state index in [0.29, 0.717) is 17.1 Å². The van der Waals surface area contributed by atoms with Crippen molar-refractivity contribution in [3.63, 3.8) is 0 Å². The van der Waals surface area contributed by atoms with Crippen molar-refractivity contribution in [3.05, 3.63) is 84.2 Å². The van der Waals surface area contributed by atoms with Crippen molar-refractivity contribution >= 4 is 22.4 Å². The number of fused-ring (bicyclic) bond motifs is 1. The van der Waals surface area contributed by atoms with Gasteiger partial charge in [-0.1, -0.05) is 36.4 Å². The van der Waals surface area contributed by atoms with Crippen LogP contribution in [0.3, 0.4) is 0 Å². The first-order valence-corrected chi connectivity index (χ1v) is 8.93. The molecule has 0 aliphatic carbocycles. The van der Waals surface area contributed by atoms with Crippen LogP contribution in [0.5, 0.6) is 5.75 Å². The van der Waals surface area contributed by atoms with E-state index in [0.717, 1.165) is 27.8 Å². The Kier molecular flexibility index (Phi) is 4.72. The molecule has 0 bridgehead atoms. The molecule has 4 rings (SSSR count). The van der Waals surface area contributed by atoms with Gasteiger partial charge in [-0.2, -0.15) is 0 Å². The Labute approximate surface area is 163 Å². The third kappa shape index (κ3) is 3.42. The Morgan fingerprint density at radius 3 is 2.46 bits per heavy atom. The van der Waals surface area contributed by atoms with Crippen LogP contribution in [0.2, 0.25) is 0 Å². The molecule has 4 aromatic rings. The molecule has 138 valence electrons. The third-order valence-corrected chi connectivity index (χ3v) is 4.61. The Bertz CT molecular complexity index is 1150. The molecule has 0 aliphatic rings. The monoisotopic (exact) mass is 369 g/mol. The predicted octanol–water partition coefficient (Wildman–Crippen LogP) is 4.87. The number of benzene rings is 3. The van der Waals surface area contributed by atoms with Crippen molar-refractivity contribution in [1.82, 2.24) is 9.97 Å². The summed E-state index contributed by atoms with van der Waals surface area (Å²) in [4.78, 5) is 21.7. The highest BCUT2D eigenvalue weighted by molar-refractivity contribution is 6.09. The van der Waals surface area contributed by atoms with Crippen molar-refractivity contribution in [2.24, 2.45) is 0 Å². The van der Waals surface area contributed by atoms with E-state index in [-0.39, 0.29) is 5.91 Å². The second kappa shape index (κ2) is 7.48. The number of hydrogen-bond donors (Lipinski definition) is 1. The predicted molar refractivity (Wildman–Crippen MR) is 111 cm³/mol. The van der Waals surface area contributed by atoms with Crippen LogP contribution >= 0.6 is 0 Å². The molecule has 3 aromatic carbocycles. The van der Waals surface area contributed by atoms with E-state index < -0.39 is 0 Å². The van der Waals surface area contributed by atoms with Crippen molar-refractivity contribution in [3.8, 4) is 17.1 Å². The van der Waals surface area contributed by atoms with Crippen molar-refractivity contribution in [1.29, 1.82) is 0 Å². The van der Waals surface area contributed by atoms with Gasteiger partial charge in [0.2, 0.25) is 0 Å². The van der Waals surface area contributed by atoms with Gasteiger partial charge in [-0.15, -0.1) is 0 Å². The number of anilines is 1. The first-order chi connectivity index (χ1) is 13.7. The molecule has 5 heteroatoms. The van der Waals surface area contributed by atoms with E-state index in [1.165, 1.54) is 0 Å². The van der Waals surface area contributed by atoms with E-state index in [1.54, 1.807) is 13.3 Å². The van der Waals surface area contributed by atoms with Gasteiger partial charge in [-0.25, -0.2) is 9.97 Å². The summed E-state index contributed by atoms with van der Waals surface area (Å²) in [5.74, 6) is 1.11. The number of aromatic nitrogens is 2. The second-order valence-electron chi connectivity index (χ2n) is 6.40. The van der Waals surface area contributed by atoms with Crippen LogP contribution in [0, 0.1) is 6.92 Å². The van der Waals surface area contributed by atoms with Gasteiger partial charge in [-0.3, -0.25) is 4.79 Å². The van der Waals surface area contributed by atoms with Gasteiger partial charge in [0, 0.05) is 22.8 Å². The number of nitrogens with one attached hydrogen (secondary N) is 1. The van der Waals surface area contributed by atoms with Crippen LogP contribution in [0.1, 0.15) is 16.1 Å². The van der Waals surface area contributed by atoms with Crippen LogP contribution in [-0.4, -0.2) is 23.0 Å². The minimum absolute atomic E-state index is 0.227. The Balaban J connectivity index is 1.61. The maximum atomic E-state index is 12.8. The zero-order chi connectivity index (χ0) is 19.5. The highest BCUT2D eigenvalue weighted by atomic mass is 16.5. The molecule has 1 aromatic heterocycles. The highest BCUT2D eigenvalue weighted by Crippen LogP contribution is 2.24. The summed E-state index contributed by atoms with van der Waals surface area (Å²) in [6, 6.07) is 21.3. The summed E-state index contributed by atoms with van der Waals surface area (Å²) >= 11 is 0. The van der Waals surface area contributed by atoms with E-state index in [9.17, 15) is 4.79 Å². The second-order valence-corrected chi connectivity index (χ2v) is 6.40. The van der Waals surface area contributed by atoms with Gasteiger partial charge >= 0.3 is 0 Å². The maximum absolute atomic E-state index is 12.8. The quantitative estimate of drug-likeness (QED) is 0.558. The molecule has 0 saturated heterocycles. The average Bonchev–Trinajstić information content (AvgIpc) is 2.74. The summed E-state index contributed by atoms with van der Waals surface area (Å²) in [5.41, 5.74) is 2.70. The van der Waals surface area contributed by atoms with E-state index in [2.05, 4.69) is 15.3 Å². The molecule has 1 heterocycles. The standard InChI is InChI=1S/C23H19N3O2/c1-15-20(14-24-22(25-15)17-10-12-18(28-2)13-11-17)23(27)26-21-9-5-7-16-6-3-4-8-19(16)21/h3-14H,1-2H3,(H,26,27). The molecule has 28 heavy (non-hydrogen) atoms. The number of rotatable bonds is 4. The van der Waals surface area contributed by atoms with E-state index in [4.69, 9.17) is 4.74 Å². The minimum atomic E-state index is -0.227. The number of carbonyl (C=O) groups is 1. The maximum Gasteiger partial charge on any atom is 0.259 e. The summed E-state index contributed by atoms with van der Waals surface area (Å²) < 4.78 is 5.17. The lowest BCUT2D eigenvalue weighted by Crippen LogP contribution is -2.15. The molecule has 5 nitrogen and oxygen atoms in total. The van der Waals surface area contributed by atoms with Crippen molar-refractivity contribution in [2.75, 3.05) is 12.4 Å². The average molecular weight is 369 g/mol. The number of hydrogen-bond acceptors (Lipinski definition) is 4. The third-order valence-electron chi connectivity index (χ3n) is 4.61. The van der Waals surface area contributed by atoms with E-state index in [1.807, 2.05) is 73.7 Å². The Morgan fingerprint density at radius 2 is 1.71 bits per heavy atom. The highest BCUT2D eigenvalue weighted by Gasteiger charge is 2.14. The van der Waals surface area contributed by atoms with Crippen molar-refractivity contribution in [2.45, 2.75) is 6.92 Å². The van der Waals surface area contributed by atoms with Gasteiger partial charge in [-0.05, 0) is 42.6 Å². The largest absolute Gasteiger partial charge is 0.497 e. The van der Waals surface area contributed by atoms with Crippen LogP contribution in [0.4, 0.5) is 5.69 Å². The SMILES string of the molecule is COc1ccc(-c2ncc(C(=O)Nc3cccc4ccccc34)c(C)n2)cc1. The zero-order valence-electron chi connectivity index (χ0n) is 15.6. The first kappa shape index (κ1) is 17.7. The number of ether oxygens (including phenoxy) is 1. The lowest BCUT2D eigenvalue weighted by atomic mass is 10.1. The van der Waals surface area contributed by atoms with Gasteiger partial charge < -0.3 is 10.1 Å². The fraction of sp³-hybridized carbons (Fsp3) is 0.0870. The first-order valence-electron chi connectivity index (χ1n) is 8.93. The van der Waals surface area contributed by atoms with Crippen LogP contribution in [0.25, 0.3) is 22.2 Å². The molecule has 0 spiro atoms. The smallest absolute Gasteiger partial charge is 0.259 e. The summed E-state index contributed by atoms with van der Waals surface area (Å²) in [5, 5.41) is 5.05. The number of nitrogens with zero attached hydrogens (tertiary/aromatic N) is 2. The lowest BCUT2D eigenvalue weighted by molar-refractivity contribution is 0.102. The molecule has 0 aliphatic heterocycles. The Morgan fingerprint density at radius 1 is 0.964 bits per heavy atom. The molecule has 1 amide bonds. The minimum Gasteiger partial charge on any atom is -0.497 e. The molecular weight excluding hydrogens is 350 g/mol. The van der Waals surface area contributed by atoms with Gasteiger partial charge in [0.25, 0.3) is 5.91 Å². The zero-order valence-corrected chi connectivity index (χ0v) is 15.6. The molecule has 0 fully saturated rings. The molecule has 0 unspecified atom stereocenters. The molecule has 0 radical (unpaired) electrons. The van der Waals surface area contributed by atoms with Crippen LogP contribution in [-0.2, 0) is 0 Å². The van der Waals surface area contributed by atoms with Crippen LogP contribution < -0.4 is 10.1 Å². The van der Waals surface area contributed by atoms with Gasteiger partial charge in [0.1, 0.15) is 5.75 Å². The number of amides is 1. The Hall–Kier alpha value is -3.73. The normalized spacial score (nSPS) is 10.6. The number of aryl methyl sites for hydroxylation is 1. The van der Waals surface area contributed by atoms with Crippen LogP contribution in [0.15, 0.2) is 72.9 Å². The van der Waals surface area contributed by atoms with Gasteiger partial charge in [0.15, 0.2) is 5.82 Å². The fourth-order valence-corrected chi connectivity index (χ4v) is 3.09. The molecule has 0 atom stereocenters. The van der Waals surface area contributed by atoms with Crippen molar-refractivity contribution < 1.29 is 9.53 Å². The molecule has 1 N–H and O–H groups in total. The number of methoxy groups -OCH3 is 1. The fourth-order valence-electron chi connectivity index (χ4n) is 3.09. The molecular formula is C23H19N3O2. The summed E-state index contributed by atoms with van der Waals surface area (Å²) in [6.07, 6.45) is 1.57. The summed E-state index contributed by atoms with van der Waals surface area (Å²) in [6.45, 7) is 1.81. The molecule has 0 saturated carbocycles. The van der Waals surface area contributed by atoms with E-state index >= 15 is 0 Å². The summed E-state index contributed by atoms with van der Waals surface area (Å²) in [7, 11) is 1.62. The number of carbonyl (C=O) groups excluding carboxylic acids is 1. The van der Waals surface area contributed by atoms with Gasteiger partial charge in [0.05, 0.1) is 18.4 Å².